The van der Waals surface area contributed by atoms with Crippen LogP contribution in [0.2, 0.25) is 0 Å². The Morgan fingerprint density at radius 1 is 0.941 bits per heavy atom. The molecule has 34 heavy (non-hydrogen) atoms. The van der Waals surface area contributed by atoms with Gasteiger partial charge in [0.15, 0.2) is 5.13 Å². The molecule has 1 amide bonds. The van der Waals surface area contributed by atoms with Gasteiger partial charge in [-0.3, -0.25) is 14.7 Å². The molecule has 168 valence electrons. The number of thioether (sulfide) groups is 1. The quantitative estimate of drug-likeness (QED) is 0.240. The summed E-state index contributed by atoms with van der Waals surface area (Å²) in [7, 11) is 0. The predicted molar refractivity (Wildman–Crippen MR) is 142 cm³/mol. The number of hydrogen-bond donors (Lipinski definition) is 0. The van der Waals surface area contributed by atoms with Crippen LogP contribution in [0, 0.1) is 0 Å². The zero-order valence-corrected chi connectivity index (χ0v) is 20.3. The Morgan fingerprint density at radius 3 is 2.26 bits per heavy atom. The molecule has 0 radical (unpaired) electrons. The number of pyridine rings is 1. The van der Waals surface area contributed by atoms with Crippen molar-refractivity contribution in [1.82, 2.24) is 9.97 Å². The highest BCUT2D eigenvalue weighted by Crippen LogP contribution is 2.35. The van der Waals surface area contributed by atoms with Crippen molar-refractivity contribution in [2.45, 2.75) is 17.4 Å². The molecule has 0 saturated heterocycles. The van der Waals surface area contributed by atoms with Crippen molar-refractivity contribution in [3.05, 3.63) is 120 Å². The lowest BCUT2D eigenvalue weighted by Crippen LogP contribution is -2.35. The van der Waals surface area contributed by atoms with E-state index in [2.05, 4.69) is 23.4 Å². The lowest BCUT2D eigenvalue weighted by atomic mass is 9.90. The molecule has 0 aliphatic carbocycles. The van der Waals surface area contributed by atoms with Gasteiger partial charge in [0.05, 0.1) is 22.7 Å². The smallest absolute Gasteiger partial charge is 0.241 e. The molecule has 0 atom stereocenters. The number of amides is 1. The zero-order chi connectivity index (χ0) is 23.3. The van der Waals surface area contributed by atoms with Crippen molar-refractivity contribution in [2.75, 3.05) is 11.2 Å². The number of carbonyl (C=O) groups excluding carboxylic acids is 1. The predicted octanol–water partition coefficient (Wildman–Crippen LogP) is 6.78. The van der Waals surface area contributed by atoms with E-state index in [-0.39, 0.29) is 5.91 Å². The number of carbonyl (C=O) groups is 1. The topological polar surface area (TPSA) is 46.1 Å². The van der Waals surface area contributed by atoms with Crippen molar-refractivity contribution >= 4 is 44.4 Å². The fraction of sp³-hybridized carbons (Fsp3) is 0.107. The summed E-state index contributed by atoms with van der Waals surface area (Å²) < 4.78 is 1.07. The zero-order valence-electron chi connectivity index (χ0n) is 18.7. The minimum Gasteiger partial charge on any atom is -0.283 e. The Balaban J connectivity index is 1.62. The first kappa shape index (κ1) is 22.3. The fourth-order valence-corrected chi connectivity index (χ4v) is 5.50. The summed E-state index contributed by atoms with van der Waals surface area (Å²) in [6, 6.07) is 30.0. The molecule has 5 aromatic rings. The SMILES string of the molecule is CSc1ccc2nc(N(Cc3cccnc3)C(=O)C(c3ccccc3)c3ccccc3)sc2c1. The third kappa shape index (κ3) is 4.74. The second kappa shape index (κ2) is 10.2. The van der Waals surface area contributed by atoms with Gasteiger partial charge in [0.1, 0.15) is 0 Å². The summed E-state index contributed by atoms with van der Waals surface area (Å²) in [5.74, 6) is -0.446. The third-order valence-electron chi connectivity index (χ3n) is 5.66. The first-order valence-corrected chi connectivity index (χ1v) is 13.0. The average Bonchev–Trinajstić information content (AvgIpc) is 3.32. The van der Waals surface area contributed by atoms with Crippen LogP contribution in [0.4, 0.5) is 5.13 Å². The highest BCUT2D eigenvalue weighted by molar-refractivity contribution is 7.98. The monoisotopic (exact) mass is 481 g/mol. The van der Waals surface area contributed by atoms with E-state index in [1.807, 2.05) is 83.8 Å². The van der Waals surface area contributed by atoms with Gasteiger partial charge in [0, 0.05) is 17.3 Å². The third-order valence-corrected chi connectivity index (χ3v) is 7.42. The van der Waals surface area contributed by atoms with Crippen LogP contribution in [-0.4, -0.2) is 22.1 Å². The standard InChI is InChI=1S/C28H23N3OS2/c1-33-23-14-15-24-25(17-23)34-28(30-24)31(19-20-9-8-16-29-18-20)27(32)26(21-10-4-2-5-11-21)22-12-6-3-7-13-22/h2-18,26H,19H2,1H3. The Bertz CT molecular complexity index is 1350. The molecule has 0 unspecified atom stereocenters. The molecule has 0 fully saturated rings. The van der Waals surface area contributed by atoms with E-state index in [1.54, 1.807) is 35.5 Å². The molecule has 2 aromatic heterocycles. The number of aromatic nitrogens is 2. The van der Waals surface area contributed by atoms with E-state index in [0.717, 1.165) is 26.9 Å². The summed E-state index contributed by atoms with van der Waals surface area (Å²) in [6.07, 6.45) is 5.61. The number of rotatable bonds is 7. The molecular weight excluding hydrogens is 458 g/mol. The molecule has 0 bridgehead atoms. The normalized spacial score (nSPS) is 11.1. The van der Waals surface area contributed by atoms with Crippen LogP contribution in [0.25, 0.3) is 10.2 Å². The van der Waals surface area contributed by atoms with Crippen molar-refractivity contribution < 1.29 is 4.79 Å². The van der Waals surface area contributed by atoms with E-state index >= 15 is 0 Å². The highest BCUT2D eigenvalue weighted by Gasteiger charge is 2.30. The Hall–Kier alpha value is -3.48. The molecule has 0 aliphatic heterocycles. The van der Waals surface area contributed by atoms with Gasteiger partial charge in [-0.05, 0) is 47.2 Å². The van der Waals surface area contributed by atoms with Crippen LogP contribution >= 0.6 is 23.1 Å². The molecule has 4 nitrogen and oxygen atoms in total. The molecular formula is C28H23N3OS2. The van der Waals surface area contributed by atoms with Gasteiger partial charge in [0.25, 0.3) is 0 Å². The van der Waals surface area contributed by atoms with Crippen LogP contribution in [0.15, 0.2) is 108 Å². The van der Waals surface area contributed by atoms with E-state index < -0.39 is 5.92 Å². The highest BCUT2D eigenvalue weighted by atomic mass is 32.2. The summed E-state index contributed by atoms with van der Waals surface area (Å²) in [5.41, 5.74) is 3.78. The van der Waals surface area contributed by atoms with Crippen molar-refractivity contribution in [1.29, 1.82) is 0 Å². The molecule has 0 aliphatic rings. The first-order valence-electron chi connectivity index (χ1n) is 11.0. The minimum absolute atomic E-state index is 0.00889. The van der Waals surface area contributed by atoms with E-state index in [4.69, 9.17) is 4.98 Å². The van der Waals surface area contributed by atoms with Crippen LogP contribution in [-0.2, 0) is 11.3 Å². The van der Waals surface area contributed by atoms with Crippen LogP contribution < -0.4 is 4.90 Å². The van der Waals surface area contributed by atoms with Crippen molar-refractivity contribution in [3.8, 4) is 0 Å². The fourth-order valence-electron chi connectivity index (χ4n) is 3.97. The van der Waals surface area contributed by atoms with Gasteiger partial charge in [-0.2, -0.15) is 0 Å². The second-order valence-corrected chi connectivity index (χ2v) is 9.76. The summed E-state index contributed by atoms with van der Waals surface area (Å²) in [5, 5.41) is 0.693. The lowest BCUT2D eigenvalue weighted by molar-refractivity contribution is -0.119. The molecule has 2 heterocycles. The molecule has 0 N–H and O–H groups in total. The maximum absolute atomic E-state index is 14.3. The van der Waals surface area contributed by atoms with Crippen LogP contribution in [0.5, 0.6) is 0 Å². The van der Waals surface area contributed by atoms with Gasteiger partial charge in [-0.15, -0.1) is 11.8 Å². The number of thiazole rings is 1. The maximum atomic E-state index is 14.3. The number of anilines is 1. The summed E-state index contributed by atoms with van der Waals surface area (Å²) >= 11 is 3.25. The van der Waals surface area contributed by atoms with Crippen molar-refractivity contribution in [2.24, 2.45) is 0 Å². The average molecular weight is 482 g/mol. The molecule has 6 heteroatoms. The number of nitrogens with zero attached hydrogens (tertiary/aromatic N) is 3. The van der Waals surface area contributed by atoms with Gasteiger partial charge >= 0.3 is 0 Å². The summed E-state index contributed by atoms with van der Waals surface area (Å²) in [4.78, 5) is 26.4. The summed E-state index contributed by atoms with van der Waals surface area (Å²) in [6.45, 7) is 0.401. The Labute approximate surface area is 207 Å². The first-order chi connectivity index (χ1) is 16.7. The van der Waals surface area contributed by atoms with E-state index in [9.17, 15) is 4.79 Å². The minimum atomic E-state index is -0.437. The number of hydrogen-bond acceptors (Lipinski definition) is 5. The van der Waals surface area contributed by atoms with Gasteiger partial charge in [0.2, 0.25) is 5.91 Å². The lowest BCUT2D eigenvalue weighted by Gasteiger charge is -2.26. The number of benzene rings is 3. The molecule has 0 saturated carbocycles. The second-order valence-electron chi connectivity index (χ2n) is 7.87. The number of fused-ring (bicyclic) bond motifs is 1. The molecule has 0 spiro atoms. The molecule has 3 aromatic carbocycles. The van der Waals surface area contributed by atoms with Gasteiger partial charge in [-0.1, -0.05) is 78.1 Å². The van der Waals surface area contributed by atoms with E-state index in [0.29, 0.717) is 11.7 Å². The Morgan fingerprint density at radius 2 is 1.65 bits per heavy atom. The Kier molecular flexibility index (Phi) is 6.70. The van der Waals surface area contributed by atoms with Crippen LogP contribution in [0.1, 0.15) is 22.6 Å². The maximum Gasteiger partial charge on any atom is 0.241 e. The van der Waals surface area contributed by atoms with Crippen LogP contribution in [0.3, 0.4) is 0 Å². The van der Waals surface area contributed by atoms with Gasteiger partial charge in [-0.25, -0.2) is 4.98 Å². The largest absolute Gasteiger partial charge is 0.283 e. The molecule has 5 rings (SSSR count). The van der Waals surface area contributed by atoms with Gasteiger partial charge < -0.3 is 0 Å². The van der Waals surface area contributed by atoms with E-state index in [1.165, 1.54) is 4.90 Å². The van der Waals surface area contributed by atoms with Crippen molar-refractivity contribution in [3.63, 3.8) is 0 Å².